The largest absolute Gasteiger partial charge is 0.443 e. The quantitative estimate of drug-likeness (QED) is 0.709. The number of aromatic nitrogens is 2. The van der Waals surface area contributed by atoms with Gasteiger partial charge in [-0.05, 0) is 63.1 Å². The van der Waals surface area contributed by atoms with Crippen molar-refractivity contribution in [2.45, 2.75) is 64.9 Å². The van der Waals surface area contributed by atoms with Gasteiger partial charge in [-0.15, -0.1) is 0 Å². The van der Waals surface area contributed by atoms with Crippen molar-refractivity contribution < 1.29 is 14.3 Å². The predicted octanol–water partition coefficient (Wildman–Crippen LogP) is 4.22. The molecular weight excluding hydrogens is 404 g/mol. The van der Waals surface area contributed by atoms with Crippen LogP contribution < -0.4 is 11.2 Å². The molecule has 0 aliphatic heterocycles. The van der Waals surface area contributed by atoms with Crippen LogP contribution in [0.1, 0.15) is 67.2 Å². The molecule has 0 atom stereocenters. The maximum atomic E-state index is 12.7. The summed E-state index contributed by atoms with van der Waals surface area (Å²) in [6.07, 6.45) is 6.60. The standard InChI is InChI=1S/C22H27ClN4O3/c1-22(2,3)30-21(29)26-27-16(9-12-5-4-6-12)18(20(24)28)14-8-7-13-11-25-17(23)10-15(13)19(14)27/h10-12H,4-9H2,1-3H3,(H2,24,28)(H,26,29). The number of hydrogen-bond acceptors (Lipinski definition) is 4. The molecule has 3 N–H and O–H groups in total. The van der Waals surface area contributed by atoms with Crippen LogP contribution in [0.3, 0.4) is 0 Å². The molecule has 0 unspecified atom stereocenters. The summed E-state index contributed by atoms with van der Waals surface area (Å²) in [6, 6.07) is 1.78. The van der Waals surface area contributed by atoms with Crippen molar-refractivity contribution >= 4 is 23.6 Å². The maximum Gasteiger partial charge on any atom is 0.426 e. The Hall–Kier alpha value is -2.54. The number of amides is 2. The minimum absolute atomic E-state index is 0.354. The number of carbonyl (C=O) groups excluding carboxylic acids is 2. The van der Waals surface area contributed by atoms with Crippen molar-refractivity contribution in [1.82, 2.24) is 9.66 Å². The fraction of sp³-hybridized carbons (Fsp3) is 0.500. The summed E-state index contributed by atoms with van der Waals surface area (Å²) in [5.74, 6) is -0.00643. The fourth-order valence-corrected chi connectivity index (χ4v) is 4.47. The highest BCUT2D eigenvalue weighted by Gasteiger charge is 2.34. The Morgan fingerprint density at radius 3 is 2.67 bits per heavy atom. The van der Waals surface area contributed by atoms with Crippen molar-refractivity contribution in [2.24, 2.45) is 11.7 Å². The Bertz CT molecular complexity index is 1020. The Morgan fingerprint density at radius 2 is 2.07 bits per heavy atom. The van der Waals surface area contributed by atoms with Crippen LogP contribution >= 0.6 is 11.6 Å². The van der Waals surface area contributed by atoms with Gasteiger partial charge in [-0.2, -0.15) is 0 Å². The van der Waals surface area contributed by atoms with E-state index < -0.39 is 17.6 Å². The second-order valence-electron chi connectivity index (χ2n) is 9.13. The number of pyridine rings is 1. The summed E-state index contributed by atoms with van der Waals surface area (Å²) in [5, 5.41) is 0.354. The van der Waals surface area contributed by atoms with Crippen molar-refractivity contribution in [1.29, 1.82) is 0 Å². The van der Waals surface area contributed by atoms with E-state index in [1.165, 1.54) is 6.42 Å². The van der Waals surface area contributed by atoms with Gasteiger partial charge in [0.1, 0.15) is 10.8 Å². The minimum Gasteiger partial charge on any atom is -0.443 e. The maximum absolute atomic E-state index is 12.7. The van der Waals surface area contributed by atoms with Crippen molar-refractivity contribution in [3.63, 3.8) is 0 Å². The van der Waals surface area contributed by atoms with E-state index in [1.54, 1.807) is 16.9 Å². The number of carbonyl (C=O) groups is 2. The van der Waals surface area contributed by atoms with E-state index in [2.05, 4.69) is 10.4 Å². The molecule has 0 aromatic carbocycles. The number of nitrogens with two attached hydrogens (primary N) is 1. The molecule has 2 aliphatic rings. The smallest absolute Gasteiger partial charge is 0.426 e. The zero-order valence-electron chi connectivity index (χ0n) is 17.5. The molecule has 2 amide bonds. The predicted molar refractivity (Wildman–Crippen MR) is 115 cm³/mol. The molecular formula is C22H27ClN4O3. The van der Waals surface area contributed by atoms with Crippen LogP contribution in [0.15, 0.2) is 12.3 Å². The van der Waals surface area contributed by atoms with Crippen LogP contribution in [0, 0.1) is 5.92 Å². The Kier molecular flexibility index (Phi) is 5.26. The number of primary amides is 1. The topological polar surface area (TPSA) is 99.2 Å². The molecule has 8 heteroatoms. The second kappa shape index (κ2) is 7.61. The van der Waals surface area contributed by atoms with Crippen LogP contribution in [-0.4, -0.2) is 27.3 Å². The van der Waals surface area contributed by atoms with E-state index in [4.69, 9.17) is 22.1 Å². The Balaban J connectivity index is 1.88. The van der Waals surface area contributed by atoms with Crippen LogP contribution in [0.4, 0.5) is 4.79 Å². The molecule has 0 spiro atoms. The monoisotopic (exact) mass is 430 g/mol. The van der Waals surface area contributed by atoms with Gasteiger partial charge in [0.2, 0.25) is 0 Å². The molecule has 0 saturated heterocycles. The van der Waals surface area contributed by atoms with Gasteiger partial charge in [-0.25, -0.2) is 15.2 Å². The van der Waals surface area contributed by atoms with E-state index in [0.717, 1.165) is 47.3 Å². The number of fused-ring (bicyclic) bond motifs is 3. The third-order valence-corrected chi connectivity index (χ3v) is 5.98. The van der Waals surface area contributed by atoms with Gasteiger partial charge in [-0.3, -0.25) is 9.47 Å². The lowest BCUT2D eigenvalue weighted by molar-refractivity contribution is 0.0612. The third-order valence-electron chi connectivity index (χ3n) is 5.78. The molecule has 160 valence electrons. The number of nitrogens with zero attached hydrogens (tertiary/aromatic N) is 2. The summed E-state index contributed by atoms with van der Waals surface area (Å²) < 4.78 is 7.19. The van der Waals surface area contributed by atoms with Gasteiger partial charge in [0.05, 0.1) is 17.0 Å². The molecule has 4 rings (SSSR count). The van der Waals surface area contributed by atoms with Crippen molar-refractivity contribution in [2.75, 3.05) is 5.43 Å². The first-order chi connectivity index (χ1) is 14.1. The molecule has 0 bridgehead atoms. The van der Waals surface area contributed by atoms with Gasteiger partial charge in [0, 0.05) is 11.8 Å². The van der Waals surface area contributed by atoms with Gasteiger partial charge in [0.15, 0.2) is 0 Å². The van der Waals surface area contributed by atoms with Crippen LogP contribution in [0.5, 0.6) is 0 Å². The number of ether oxygens (including phenoxy) is 1. The highest BCUT2D eigenvalue weighted by molar-refractivity contribution is 6.29. The lowest BCUT2D eigenvalue weighted by Crippen LogP contribution is -2.33. The Morgan fingerprint density at radius 1 is 1.33 bits per heavy atom. The first kappa shape index (κ1) is 20.7. The molecule has 30 heavy (non-hydrogen) atoms. The highest BCUT2D eigenvalue weighted by Crippen LogP contribution is 2.41. The van der Waals surface area contributed by atoms with Gasteiger partial charge in [0.25, 0.3) is 5.91 Å². The summed E-state index contributed by atoms with van der Waals surface area (Å²) in [5.41, 5.74) is 12.8. The lowest BCUT2D eigenvalue weighted by atomic mass is 9.81. The van der Waals surface area contributed by atoms with Crippen LogP contribution in [-0.2, 0) is 24.0 Å². The molecule has 1 fully saturated rings. The van der Waals surface area contributed by atoms with Gasteiger partial charge >= 0.3 is 6.09 Å². The number of halogens is 1. The van der Waals surface area contributed by atoms with Crippen molar-refractivity contribution in [3.05, 3.63) is 39.8 Å². The van der Waals surface area contributed by atoms with E-state index in [0.29, 0.717) is 29.5 Å². The first-order valence-corrected chi connectivity index (χ1v) is 10.7. The average Bonchev–Trinajstić information content (AvgIpc) is 2.90. The highest BCUT2D eigenvalue weighted by atomic mass is 35.5. The molecule has 0 radical (unpaired) electrons. The molecule has 2 aromatic rings. The lowest BCUT2D eigenvalue weighted by Gasteiger charge is -2.27. The number of aryl methyl sites for hydroxylation is 1. The SMILES string of the molecule is CC(C)(C)OC(=O)Nn1c(CC2CCC2)c(C(N)=O)c2c1-c1cc(Cl)ncc1CC2. The van der Waals surface area contributed by atoms with Gasteiger partial charge < -0.3 is 10.5 Å². The number of hydrogen-bond donors (Lipinski definition) is 2. The van der Waals surface area contributed by atoms with Crippen LogP contribution in [0.25, 0.3) is 11.3 Å². The molecule has 2 aliphatic carbocycles. The second-order valence-corrected chi connectivity index (χ2v) is 9.51. The molecule has 2 heterocycles. The van der Waals surface area contributed by atoms with E-state index in [9.17, 15) is 9.59 Å². The van der Waals surface area contributed by atoms with Crippen LogP contribution in [0.2, 0.25) is 5.15 Å². The number of rotatable bonds is 4. The summed E-state index contributed by atoms with van der Waals surface area (Å²) in [7, 11) is 0. The molecule has 7 nitrogen and oxygen atoms in total. The fourth-order valence-electron chi connectivity index (χ4n) is 4.31. The minimum atomic E-state index is -0.650. The molecule has 2 aromatic heterocycles. The van der Waals surface area contributed by atoms with E-state index in [-0.39, 0.29) is 0 Å². The summed E-state index contributed by atoms with van der Waals surface area (Å²) >= 11 is 6.19. The first-order valence-electron chi connectivity index (χ1n) is 10.3. The zero-order chi connectivity index (χ0) is 21.6. The third kappa shape index (κ3) is 3.90. The normalized spacial score (nSPS) is 15.7. The van der Waals surface area contributed by atoms with E-state index in [1.807, 2.05) is 20.8 Å². The Labute approximate surface area is 180 Å². The average molecular weight is 431 g/mol. The van der Waals surface area contributed by atoms with Crippen molar-refractivity contribution in [3.8, 4) is 11.3 Å². The molecule has 1 saturated carbocycles. The summed E-state index contributed by atoms with van der Waals surface area (Å²) in [6.45, 7) is 5.42. The summed E-state index contributed by atoms with van der Waals surface area (Å²) in [4.78, 5) is 29.4. The van der Waals surface area contributed by atoms with Gasteiger partial charge in [-0.1, -0.05) is 30.9 Å². The zero-order valence-corrected chi connectivity index (χ0v) is 18.3. The number of nitrogens with one attached hydrogen (secondary N) is 1. The van der Waals surface area contributed by atoms with E-state index >= 15 is 0 Å².